The molecule has 1 aromatic heterocycles. The fourth-order valence-corrected chi connectivity index (χ4v) is 2.44. The molecule has 0 saturated heterocycles. The summed E-state index contributed by atoms with van der Waals surface area (Å²) in [5.74, 6) is 1.07. The average Bonchev–Trinajstić information content (AvgIpc) is 2.75. The fourth-order valence-electron chi connectivity index (χ4n) is 2.44. The zero-order valence-corrected chi connectivity index (χ0v) is 10.4. The number of aromatic nitrogens is 1. The highest BCUT2D eigenvalue weighted by Crippen LogP contribution is 2.22. The lowest BCUT2D eigenvalue weighted by Gasteiger charge is -2.17. The zero-order chi connectivity index (χ0) is 11.4. The van der Waals surface area contributed by atoms with Crippen molar-refractivity contribution in [3.05, 3.63) is 23.4 Å². The zero-order valence-electron chi connectivity index (χ0n) is 10.4. The van der Waals surface area contributed by atoms with E-state index in [-0.39, 0.29) is 0 Å². The molecule has 2 nitrogen and oxygen atoms in total. The van der Waals surface area contributed by atoms with Crippen LogP contribution in [0.3, 0.4) is 0 Å². The van der Waals surface area contributed by atoms with Crippen LogP contribution in [0, 0.1) is 0 Å². The second-order valence-electron chi connectivity index (χ2n) is 4.69. The number of nitrogens with one attached hydrogen (secondary N) is 1. The molecule has 1 aliphatic rings. The van der Waals surface area contributed by atoms with Crippen molar-refractivity contribution < 1.29 is 0 Å². The van der Waals surface area contributed by atoms with Crippen molar-refractivity contribution in [3.63, 3.8) is 0 Å². The van der Waals surface area contributed by atoms with Gasteiger partial charge in [-0.15, -0.1) is 0 Å². The predicted molar refractivity (Wildman–Crippen MR) is 68.9 cm³/mol. The van der Waals surface area contributed by atoms with Crippen LogP contribution in [0.1, 0.15) is 50.8 Å². The third-order valence-electron chi connectivity index (χ3n) is 3.41. The number of aryl methyl sites for hydroxylation is 2. The summed E-state index contributed by atoms with van der Waals surface area (Å²) in [4.78, 5) is 4.71. The van der Waals surface area contributed by atoms with Crippen molar-refractivity contribution in [1.29, 1.82) is 0 Å². The summed E-state index contributed by atoms with van der Waals surface area (Å²) in [6.07, 6.45) is 7.29. The number of pyridine rings is 1. The Morgan fingerprint density at radius 1 is 1.31 bits per heavy atom. The molecule has 1 N–H and O–H groups in total. The van der Waals surface area contributed by atoms with Crippen molar-refractivity contribution in [2.24, 2.45) is 0 Å². The van der Waals surface area contributed by atoms with E-state index in [1.54, 1.807) is 0 Å². The molecule has 88 valence electrons. The molecule has 2 rings (SSSR count). The summed E-state index contributed by atoms with van der Waals surface area (Å²) in [5, 5.41) is 3.55. The smallest absolute Gasteiger partial charge is 0.126 e. The summed E-state index contributed by atoms with van der Waals surface area (Å²) in [5.41, 5.74) is 2.77. The fraction of sp³-hybridized carbons (Fsp3) is 0.643. The van der Waals surface area contributed by atoms with E-state index in [2.05, 4.69) is 31.3 Å². The van der Waals surface area contributed by atoms with Crippen LogP contribution in [0.2, 0.25) is 0 Å². The van der Waals surface area contributed by atoms with Crippen molar-refractivity contribution in [3.8, 4) is 0 Å². The summed E-state index contributed by atoms with van der Waals surface area (Å²) in [7, 11) is 0. The normalized spacial score (nSPS) is 15.9. The summed E-state index contributed by atoms with van der Waals surface area (Å²) < 4.78 is 0. The maximum atomic E-state index is 4.71. The van der Waals surface area contributed by atoms with Gasteiger partial charge >= 0.3 is 0 Å². The molecule has 0 aromatic carbocycles. The number of hydrogen-bond acceptors (Lipinski definition) is 2. The molecular formula is C14H22N2. The molecule has 0 saturated carbocycles. The SMILES string of the molecule is CCCC(CC)Nc1ccc2c(n1)CCC2. The quantitative estimate of drug-likeness (QED) is 0.817. The monoisotopic (exact) mass is 218 g/mol. The highest BCUT2D eigenvalue weighted by molar-refractivity contribution is 5.41. The van der Waals surface area contributed by atoms with Gasteiger partial charge in [0.15, 0.2) is 0 Å². The van der Waals surface area contributed by atoms with E-state index in [1.165, 1.54) is 43.4 Å². The minimum atomic E-state index is 0.581. The third kappa shape index (κ3) is 2.55. The molecule has 0 aliphatic heterocycles. The van der Waals surface area contributed by atoms with E-state index < -0.39 is 0 Å². The van der Waals surface area contributed by atoms with Crippen LogP contribution in [0.4, 0.5) is 5.82 Å². The lowest BCUT2D eigenvalue weighted by molar-refractivity contribution is 0.620. The molecule has 16 heavy (non-hydrogen) atoms. The van der Waals surface area contributed by atoms with E-state index in [0.29, 0.717) is 6.04 Å². The van der Waals surface area contributed by atoms with Gasteiger partial charge in [0.05, 0.1) is 0 Å². The van der Waals surface area contributed by atoms with Crippen LogP contribution in [0.25, 0.3) is 0 Å². The van der Waals surface area contributed by atoms with Crippen molar-refractivity contribution in [2.75, 3.05) is 5.32 Å². The van der Waals surface area contributed by atoms with E-state index in [1.807, 2.05) is 0 Å². The molecule has 1 aromatic rings. The summed E-state index contributed by atoms with van der Waals surface area (Å²) >= 11 is 0. The Labute approximate surface area is 98.5 Å². The number of fused-ring (bicyclic) bond motifs is 1. The first-order valence-corrected chi connectivity index (χ1v) is 6.58. The maximum absolute atomic E-state index is 4.71. The van der Waals surface area contributed by atoms with Gasteiger partial charge in [-0.2, -0.15) is 0 Å². The molecule has 0 radical (unpaired) electrons. The first-order chi connectivity index (χ1) is 7.83. The molecule has 1 atom stereocenters. The molecular weight excluding hydrogens is 196 g/mol. The molecule has 1 unspecified atom stereocenters. The highest BCUT2D eigenvalue weighted by atomic mass is 15.0. The first kappa shape index (κ1) is 11.4. The minimum Gasteiger partial charge on any atom is -0.367 e. The molecule has 0 bridgehead atoms. The Morgan fingerprint density at radius 3 is 2.94 bits per heavy atom. The van der Waals surface area contributed by atoms with Gasteiger partial charge in [-0.3, -0.25) is 0 Å². The van der Waals surface area contributed by atoms with Gasteiger partial charge in [-0.1, -0.05) is 26.3 Å². The Bertz CT molecular complexity index is 347. The summed E-state index contributed by atoms with van der Waals surface area (Å²) in [6, 6.07) is 4.97. The Balaban J connectivity index is 2.04. The number of nitrogens with zero attached hydrogens (tertiary/aromatic N) is 1. The second-order valence-corrected chi connectivity index (χ2v) is 4.69. The summed E-state index contributed by atoms with van der Waals surface area (Å²) in [6.45, 7) is 4.47. The van der Waals surface area contributed by atoms with E-state index in [9.17, 15) is 0 Å². The number of rotatable bonds is 5. The van der Waals surface area contributed by atoms with Crippen LogP contribution < -0.4 is 5.32 Å². The lowest BCUT2D eigenvalue weighted by atomic mass is 10.1. The van der Waals surface area contributed by atoms with Gasteiger partial charge < -0.3 is 5.32 Å². The topological polar surface area (TPSA) is 24.9 Å². The average molecular weight is 218 g/mol. The molecule has 1 heterocycles. The Kier molecular flexibility index (Phi) is 3.81. The van der Waals surface area contributed by atoms with E-state index >= 15 is 0 Å². The van der Waals surface area contributed by atoms with Gasteiger partial charge in [-0.05, 0) is 43.7 Å². The predicted octanol–water partition coefficient (Wildman–Crippen LogP) is 3.56. The first-order valence-electron chi connectivity index (χ1n) is 6.58. The largest absolute Gasteiger partial charge is 0.367 e. The van der Waals surface area contributed by atoms with Crippen LogP contribution in [-0.4, -0.2) is 11.0 Å². The second kappa shape index (κ2) is 5.33. The van der Waals surface area contributed by atoms with Gasteiger partial charge in [-0.25, -0.2) is 4.98 Å². The number of anilines is 1. The van der Waals surface area contributed by atoms with Gasteiger partial charge in [0, 0.05) is 11.7 Å². The van der Waals surface area contributed by atoms with Crippen molar-refractivity contribution >= 4 is 5.82 Å². The van der Waals surface area contributed by atoms with Crippen molar-refractivity contribution in [2.45, 2.75) is 58.4 Å². The van der Waals surface area contributed by atoms with Gasteiger partial charge in [0.2, 0.25) is 0 Å². The van der Waals surface area contributed by atoms with Crippen LogP contribution in [0.15, 0.2) is 12.1 Å². The van der Waals surface area contributed by atoms with Gasteiger partial charge in [0.25, 0.3) is 0 Å². The molecule has 0 spiro atoms. The van der Waals surface area contributed by atoms with Crippen LogP contribution in [0.5, 0.6) is 0 Å². The lowest BCUT2D eigenvalue weighted by Crippen LogP contribution is -2.19. The molecule has 0 fully saturated rings. The van der Waals surface area contributed by atoms with Gasteiger partial charge in [0.1, 0.15) is 5.82 Å². The maximum Gasteiger partial charge on any atom is 0.126 e. The third-order valence-corrected chi connectivity index (χ3v) is 3.41. The minimum absolute atomic E-state index is 0.581. The van der Waals surface area contributed by atoms with E-state index in [0.717, 1.165) is 12.2 Å². The highest BCUT2D eigenvalue weighted by Gasteiger charge is 2.13. The molecule has 2 heteroatoms. The molecule has 0 amide bonds. The van der Waals surface area contributed by atoms with Crippen molar-refractivity contribution in [1.82, 2.24) is 4.98 Å². The Morgan fingerprint density at radius 2 is 2.19 bits per heavy atom. The Hall–Kier alpha value is -1.05. The van der Waals surface area contributed by atoms with E-state index in [4.69, 9.17) is 4.98 Å². The molecule has 1 aliphatic carbocycles. The standard InChI is InChI=1S/C14H22N2/c1-3-6-12(4-2)15-14-10-9-11-7-5-8-13(11)16-14/h9-10,12H,3-8H2,1-2H3,(H,15,16). The number of hydrogen-bond donors (Lipinski definition) is 1. The van der Waals surface area contributed by atoms with Crippen LogP contribution >= 0.6 is 0 Å². The van der Waals surface area contributed by atoms with Crippen LogP contribution in [-0.2, 0) is 12.8 Å².